The molecular weight excluding hydrogens is 244 g/mol. The number of anilines is 1. The first-order chi connectivity index (χ1) is 9.06. The highest BCUT2D eigenvalue weighted by molar-refractivity contribution is 5.99. The van der Waals surface area contributed by atoms with Gasteiger partial charge >= 0.3 is 0 Å². The Morgan fingerprint density at radius 1 is 1.42 bits per heavy atom. The van der Waals surface area contributed by atoms with Crippen molar-refractivity contribution in [2.24, 2.45) is 5.92 Å². The monoisotopic (exact) mass is 260 g/mol. The molecule has 5 heteroatoms. The minimum atomic E-state index is -0.230. The first-order valence-electron chi connectivity index (χ1n) is 6.25. The van der Waals surface area contributed by atoms with Crippen LogP contribution in [0.3, 0.4) is 0 Å². The molecule has 1 saturated heterocycles. The van der Waals surface area contributed by atoms with E-state index in [2.05, 4.69) is 10.6 Å². The molecule has 2 rings (SSSR count). The van der Waals surface area contributed by atoms with E-state index < -0.39 is 0 Å². The first-order valence-corrected chi connectivity index (χ1v) is 6.25. The largest absolute Gasteiger partial charge is 0.384 e. The highest BCUT2D eigenvalue weighted by Gasteiger charge is 2.26. The lowest BCUT2D eigenvalue weighted by molar-refractivity contribution is -0.135. The molecule has 1 aromatic rings. The second-order valence-corrected chi connectivity index (χ2v) is 4.67. The Labute approximate surface area is 111 Å². The van der Waals surface area contributed by atoms with Crippen molar-refractivity contribution in [2.75, 3.05) is 11.9 Å². The molecule has 0 aromatic heterocycles. The molecule has 1 aliphatic heterocycles. The van der Waals surface area contributed by atoms with E-state index in [1.165, 1.54) is 6.92 Å². The Bertz CT molecular complexity index is 525. The summed E-state index contributed by atoms with van der Waals surface area (Å²) in [5, 5.41) is 5.45. The van der Waals surface area contributed by atoms with E-state index in [1.807, 2.05) is 6.07 Å². The van der Waals surface area contributed by atoms with Crippen LogP contribution in [0.1, 0.15) is 30.1 Å². The number of imide groups is 1. The molecule has 0 saturated carbocycles. The van der Waals surface area contributed by atoms with Gasteiger partial charge < -0.3 is 5.32 Å². The van der Waals surface area contributed by atoms with E-state index >= 15 is 0 Å². The van der Waals surface area contributed by atoms with Crippen molar-refractivity contribution in [2.45, 2.75) is 19.8 Å². The minimum absolute atomic E-state index is 0.00431. The molecule has 2 amide bonds. The van der Waals surface area contributed by atoms with Crippen LogP contribution in [0.2, 0.25) is 0 Å². The standard InChI is InChI=1S/C14H16N2O3/c1-9(17)10-3-2-4-12(7-10)15-8-11-5-6-13(18)16-14(11)19/h2-4,7,11,15H,5-6,8H2,1H3,(H,16,18,19). The number of ketones is 1. The van der Waals surface area contributed by atoms with Gasteiger partial charge in [0.05, 0.1) is 5.92 Å². The van der Waals surface area contributed by atoms with E-state index in [-0.39, 0.29) is 23.5 Å². The van der Waals surface area contributed by atoms with Crippen molar-refractivity contribution >= 4 is 23.3 Å². The summed E-state index contributed by atoms with van der Waals surface area (Å²) in [5.74, 6) is -0.644. The maximum absolute atomic E-state index is 11.6. The fraction of sp³-hybridized carbons (Fsp3) is 0.357. The Balaban J connectivity index is 1.95. The van der Waals surface area contributed by atoms with Crippen LogP contribution in [0.4, 0.5) is 5.69 Å². The van der Waals surface area contributed by atoms with Gasteiger partial charge in [-0.3, -0.25) is 19.7 Å². The summed E-state index contributed by atoms with van der Waals surface area (Å²) in [5.41, 5.74) is 1.44. The molecule has 5 nitrogen and oxygen atoms in total. The molecule has 1 aromatic carbocycles. The summed E-state index contributed by atoms with van der Waals surface area (Å²) in [6, 6.07) is 7.15. The molecule has 2 N–H and O–H groups in total. The van der Waals surface area contributed by atoms with Crippen LogP contribution >= 0.6 is 0 Å². The number of Topliss-reactive ketones (excluding diaryl/α,β-unsaturated/α-hetero) is 1. The van der Waals surface area contributed by atoms with Gasteiger partial charge in [-0.15, -0.1) is 0 Å². The van der Waals surface area contributed by atoms with Gasteiger partial charge in [0.25, 0.3) is 0 Å². The lowest BCUT2D eigenvalue weighted by Gasteiger charge is -2.21. The summed E-state index contributed by atoms with van der Waals surface area (Å²) in [4.78, 5) is 33.9. The predicted molar refractivity (Wildman–Crippen MR) is 70.8 cm³/mol. The average molecular weight is 260 g/mol. The van der Waals surface area contributed by atoms with Crippen molar-refractivity contribution in [1.82, 2.24) is 5.32 Å². The van der Waals surface area contributed by atoms with Crippen LogP contribution in [-0.4, -0.2) is 24.1 Å². The van der Waals surface area contributed by atoms with Gasteiger partial charge in [0.15, 0.2) is 5.78 Å². The van der Waals surface area contributed by atoms with Gasteiger partial charge in [-0.25, -0.2) is 0 Å². The average Bonchev–Trinajstić information content (AvgIpc) is 2.38. The molecule has 1 heterocycles. The van der Waals surface area contributed by atoms with Gasteiger partial charge in [0, 0.05) is 24.2 Å². The third-order valence-electron chi connectivity index (χ3n) is 3.17. The fourth-order valence-electron chi connectivity index (χ4n) is 2.02. The highest BCUT2D eigenvalue weighted by atomic mass is 16.2. The number of hydrogen-bond acceptors (Lipinski definition) is 4. The predicted octanol–water partition coefficient (Wildman–Crippen LogP) is 1.35. The lowest BCUT2D eigenvalue weighted by atomic mass is 9.98. The van der Waals surface area contributed by atoms with Crippen molar-refractivity contribution in [3.8, 4) is 0 Å². The molecule has 1 fully saturated rings. The number of rotatable bonds is 4. The van der Waals surface area contributed by atoms with Crippen LogP contribution in [0.15, 0.2) is 24.3 Å². The van der Waals surface area contributed by atoms with Crippen molar-refractivity contribution in [3.05, 3.63) is 29.8 Å². The second-order valence-electron chi connectivity index (χ2n) is 4.67. The van der Waals surface area contributed by atoms with Crippen LogP contribution in [-0.2, 0) is 9.59 Å². The molecule has 1 unspecified atom stereocenters. The van der Waals surface area contributed by atoms with Crippen molar-refractivity contribution in [1.29, 1.82) is 0 Å². The maximum Gasteiger partial charge on any atom is 0.231 e. The number of amides is 2. The molecule has 1 aliphatic rings. The zero-order chi connectivity index (χ0) is 13.8. The van der Waals surface area contributed by atoms with Crippen LogP contribution in [0.25, 0.3) is 0 Å². The van der Waals surface area contributed by atoms with E-state index in [0.717, 1.165) is 5.69 Å². The number of benzene rings is 1. The summed E-state index contributed by atoms with van der Waals surface area (Å²) in [6.45, 7) is 1.97. The quantitative estimate of drug-likeness (QED) is 0.633. The molecule has 0 aliphatic carbocycles. The molecule has 19 heavy (non-hydrogen) atoms. The molecule has 0 radical (unpaired) electrons. The smallest absolute Gasteiger partial charge is 0.231 e. The zero-order valence-electron chi connectivity index (χ0n) is 10.7. The van der Waals surface area contributed by atoms with Crippen molar-refractivity contribution < 1.29 is 14.4 Å². The third-order valence-corrected chi connectivity index (χ3v) is 3.17. The molecule has 0 bridgehead atoms. The molecule has 0 spiro atoms. The Morgan fingerprint density at radius 2 is 2.21 bits per heavy atom. The fourth-order valence-corrected chi connectivity index (χ4v) is 2.02. The summed E-state index contributed by atoms with van der Waals surface area (Å²) in [7, 11) is 0. The second kappa shape index (κ2) is 5.65. The maximum atomic E-state index is 11.6. The normalized spacial score (nSPS) is 18.9. The van der Waals surface area contributed by atoms with E-state index in [0.29, 0.717) is 24.9 Å². The minimum Gasteiger partial charge on any atom is -0.384 e. The Kier molecular flexibility index (Phi) is 3.94. The number of carbonyl (C=O) groups excluding carboxylic acids is 3. The van der Waals surface area contributed by atoms with E-state index in [1.54, 1.807) is 18.2 Å². The Morgan fingerprint density at radius 3 is 2.89 bits per heavy atom. The van der Waals surface area contributed by atoms with E-state index in [9.17, 15) is 14.4 Å². The van der Waals surface area contributed by atoms with Gasteiger partial charge in [-0.1, -0.05) is 12.1 Å². The van der Waals surface area contributed by atoms with E-state index in [4.69, 9.17) is 0 Å². The number of piperidine rings is 1. The van der Waals surface area contributed by atoms with Gasteiger partial charge in [-0.05, 0) is 25.5 Å². The highest BCUT2D eigenvalue weighted by Crippen LogP contribution is 2.15. The molecule has 100 valence electrons. The summed E-state index contributed by atoms with van der Waals surface area (Å²) >= 11 is 0. The Hall–Kier alpha value is -2.17. The summed E-state index contributed by atoms with van der Waals surface area (Å²) in [6.07, 6.45) is 0.940. The number of hydrogen-bond donors (Lipinski definition) is 2. The van der Waals surface area contributed by atoms with Gasteiger partial charge in [0.1, 0.15) is 0 Å². The van der Waals surface area contributed by atoms with Gasteiger partial charge in [-0.2, -0.15) is 0 Å². The summed E-state index contributed by atoms with van der Waals surface area (Å²) < 4.78 is 0. The number of carbonyl (C=O) groups is 3. The lowest BCUT2D eigenvalue weighted by Crippen LogP contribution is -2.43. The van der Waals surface area contributed by atoms with Gasteiger partial charge in [0.2, 0.25) is 11.8 Å². The molecule has 1 atom stereocenters. The SMILES string of the molecule is CC(=O)c1cccc(NCC2CCC(=O)NC2=O)c1. The molecular formula is C14H16N2O3. The topological polar surface area (TPSA) is 75.3 Å². The van der Waals surface area contributed by atoms with Crippen molar-refractivity contribution in [3.63, 3.8) is 0 Å². The van der Waals surface area contributed by atoms with Crippen LogP contribution in [0.5, 0.6) is 0 Å². The zero-order valence-corrected chi connectivity index (χ0v) is 10.7. The third kappa shape index (κ3) is 3.40. The van der Waals surface area contributed by atoms with Crippen LogP contribution in [0, 0.1) is 5.92 Å². The first kappa shape index (κ1) is 13.3. The number of nitrogens with one attached hydrogen (secondary N) is 2. The van der Waals surface area contributed by atoms with Crippen LogP contribution < -0.4 is 10.6 Å².